The molecule has 26 heavy (non-hydrogen) atoms. The molecule has 0 spiro atoms. The van der Waals surface area contributed by atoms with E-state index in [1.807, 2.05) is 19.0 Å². The Labute approximate surface area is 157 Å². The monoisotopic (exact) mass is 369 g/mol. The molecule has 0 atom stereocenters. The van der Waals surface area contributed by atoms with E-state index < -0.39 is 0 Å². The summed E-state index contributed by atoms with van der Waals surface area (Å²) < 4.78 is 3.02. The van der Waals surface area contributed by atoms with Gasteiger partial charge in [0, 0.05) is 33.2 Å². The molecular weight excluding hydrogens is 346 g/mol. The lowest BCUT2D eigenvalue weighted by atomic mass is 10.0. The number of carbonyl (C=O) groups is 1. The second-order valence-corrected chi connectivity index (χ2v) is 8.00. The van der Waals surface area contributed by atoms with Crippen molar-refractivity contribution < 1.29 is 4.79 Å². The van der Waals surface area contributed by atoms with Gasteiger partial charge < -0.3 is 14.4 Å². The SMILES string of the molecule is Cc1ccc2nc(N3CCC(N(C)C(=O)c4cncn4C)CC3)sc2c1. The van der Waals surface area contributed by atoms with E-state index in [0.717, 1.165) is 36.6 Å². The van der Waals surface area contributed by atoms with Crippen LogP contribution in [0.2, 0.25) is 0 Å². The highest BCUT2D eigenvalue weighted by atomic mass is 32.1. The largest absolute Gasteiger partial charge is 0.348 e. The molecule has 1 aliphatic heterocycles. The van der Waals surface area contributed by atoms with Crippen LogP contribution in [-0.2, 0) is 7.05 Å². The van der Waals surface area contributed by atoms with Crippen LogP contribution in [0.25, 0.3) is 10.2 Å². The highest BCUT2D eigenvalue weighted by molar-refractivity contribution is 7.22. The van der Waals surface area contributed by atoms with Crippen molar-refractivity contribution in [2.45, 2.75) is 25.8 Å². The summed E-state index contributed by atoms with van der Waals surface area (Å²) in [4.78, 5) is 25.7. The minimum Gasteiger partial charge on any atom is -0.348 e. The second kappa shape index (κ2) is 6.72. The number of imidazole rings is 1. The average molecular weight is 369 g/mol. The molecule has 1 amide bonds. The highest BCUT2D eigenvalue weighted by Gasteiger charge is 2.28. The summed E-state index contributed by atoms with van der Waals surface area (Å²) >= 11 is 1.76. The zero-order valence-electron chi connectivity index (χ0n) is 15.3. The zero-order valence-corrected chi connectivity index (χ0v) is 16.2. The molecule has 0 bridgehead atoms. The number of piperidine rings is 1. The molecule has 3 aromatic rings. The lowest BCUT2D eigenvalue weighted by Crippen LogP contribution is -2.46. The first-order chi connectivity index (χ1) is 12.5. The van der Waals surface area contributed by atoms with Gasteiger partial charge in [-0.3, -0.25) is 4.79 Å². The Bertz CT molecular complexity index is 938. The molecule has 0 unspecified atom stereocenters. The summed E-state index contributed by atoms with van der Waals surface area (Å²) in [7, 11) is 3.75. The summed E-state index contributed by atoms with van der Waals surface area (Å²) in [6.45, 7) is 3.96. The van der Waals surface area contributed by atoms with E-state index in [9.17, 15) is 4.79 Å². The van der Waals surface area contributed by atoms with E-state index in [4.69, 9.17) is 4.98 Å². The first-order valence-electron chi connectivity index (χ1n) is 8.88. The van der Waals surface area contributed by atoms with Crippen molar-refractivity contribution >= 4 is 32.6 Å². The third kappa shape index (κ3) is 3.07. The van der Waals surface area contributed by atoms with Gasteiger partial charge in [-0.25, -0.2) is 9.97 Å². The molecule has 2 aromatic heterocycles. The van der Waals surface area contributed by atoms with Gasteiger partial charge in [-0.05, 0) is 37.5 Å². The van der Waals surface area contributed by atoms with Crippen molar-refractivity contribution in [2.75, 3.05) is 25.0 Å². The molecule has 0 aliphatic carbocycles. The van der Waals surface area contributed by atoms with E-state index >= 15 is 0 Å². The van der Waals surface area contributed by atoms with Gasteiger partial charge in [-0.2, -0.15) is 0 Å². The van der Waals surface area contributed by atoms with Crippen LogP contribution in [-0.4, -0.2) is 51.5 Å². The number of fused-ring (bicyclic) bond motifs is 1. The number of amides is 1. The van der Waals surface area contributed by atoms with Gasteiger partial charge in [0.05, 0.1) is 22.7 Å². The summed E-state index contributed by atoms with van der Waals surface area (Å²) in [5, 5.41) is 1.09. The van der Waals surface area contributed by atoms with Crippen molar-refractivity contribution in [1.82, 2.24) is 19.4 Å². The Morgan fingerprint density at radius 3 is 2.77 bits per heavy atom. The maximum Gasteiger partial charge on any atom is 0.272 e. The van der Waals surface area contributed by atoms with E-state index in [-0.39, 0.29) is 11.9 Å². The van der Waals surface area contributed by atoms with Crippen LogP contribution in [0.3, 0.4) is 0 Å². The molecule has 7 heteroatoms. The topological polar surface area (TPSA) is 54.3 Å². The van der Waals surface area contributed by atoms with Crippen molar-refractivity contribution in [2.24, 2.45) is 7.05 Å². The van der Waals surface area contributed by atoms with E-state index in [1.165, 1.54) is 10.3 Å². The normalized spacial score (nSPS) is 15.6. The second-order valence-electron chi connectivity index (χ2n) is 6.99. The minimum atomic E-state index is 0.0407. The molecule has 1 aliphatic rings. The minimum absolute atomic E-state index is 0.0407. The molecule has 3 heterocycles. The van der Waals surface area contributed by atoms with E-state index in [2.05, 4.69) is 35.0 Å². The number of carbonyl (C=O) groups excluding carboxylic acids is 1. The summed E-state index contributed by atoms with van der Waals surface area (Å²) in [5.74, 6) is 0.0407. The van der Waals surface area contributed by atoms with Gasteiger partial charge in [0.2, 0.25) is 0 Å². The number of aromatic nitrogens is 3. The molecule has 0 radical (unpaired) electrons. The van der Waals surface area contributed by atoms with Gasteiger partial charge in [0.15, 0.2) is 5.13 Å². The maximum absolute atomic E-state index is 12.7. The lowest BCUT2D eigenvalue weighted by molar-refractivity contribution is 0.0699. The first kappa shape index (κ1) is 17.0. The Morgan fingerprint density at radius 1 is 1.31 bits per heavy atom. The van der Waals surface area contributed by atoms with Crippen LogP contribution in [0, 0.1) is 6.92 Å². The van der Waals surface area contributed by atoms with Crippen LogP contribution >= 0.6 is 11.3 Å². The van der Waals surface area contributed by atoms with Crippen molar-refractivity contribution in [3.05, 3.63) is 42.0 Å². The third-order valence-electron chi connectivity index (χ3n) is 5.17. The molecule has 4 rings (SSSR count). The highest BCUT2D eigenvalue weighted by Crippen LogP contribution is 2.31. The van der Waals surface area contributed by atoms with Crippen molar-refractivity contribution in [1.29, 1.82) is 0 Å². The number of nitrogens with zero attached hydrogens (tertiary/aromatic N) is 5. The Morgan fingerprint density at radius 2 is 2.08 bits per heavy atom. The number of aryl methyl sites for hydroxylation is 2. The molecule has 0 saturated carbocycles. The number of hydrogen-bond acceptors (Lipinski definition) is 5. The number of rotatable bonds is 3. The predicted molar refractivity (Wildman–Crippen MR) is 105 cm³/mol. The molecule has 136 valence electrons. The Kier molecular flexibility index (Phi) is 4.40. The molecule has 0 N–H and O–H groups in total. The van der Waals surface area contributed by atoms with Crippen LogP contribution in [0.15, 0.2) is 30.7 Å². The van der Waals surface area contributed by atoms with E-state index in [0.29, 0.717) is 5.69 Å². The van der Waals surface area contributed by atoms with Crippen LogP contribution < -0.4 is 4.90 Å². The number of benzene rings is 1. The molecule has 1 saturated heterocycles. The zero-order chi connectivity index (χ0) is 18.3. The molecule has 6 nitrogen and oxygen atoms in total. The van der Waals surface area contributed by atoms with Crippen molar-refractivity contribution in [3.8, 4) is 0 Å². The fourth-order valence-corrected chi connectivity index (χ4v) is 4.62. The van der Waals surface area contributed by atoms with Crippen LogP contribution in [0.4, 0.5) is 5.13 Å². The van der Waals surface area contributed by atoms with Gasteiger partial charge in [-0.1, -0.05) is 17.4 Å². The van der Waals surface area contributed by atoms with E-state index in [1.54, 1.807) is 28.4 Å². The molecule has 1 fully saturated rings. The van der Waals surface area contributed by atoms with Gasteiger partial charge in [-0.15, -0.1) is 0 Å². The Hall–Kier alpha value is -2.41. The summed E-state index contributed by atoms with van der Waals surface area (Å²) in [6.07, 6.45) is 5.21. The van der Waals surface area contributed by atoms with Crippen LogP contribution in [0.5, 0.6) is 0 Å². The Balaban J connectivity index is 1.43. The summed E-state index contributed by atoms with van der Waals surface area (Å²) in [5.41, 5.74) is 2.97. The maximum atomic E-state index is 12.7. The standard InChI is InChI=1S/C19H23N5OS/c1-13-4-5-15-17(10-13)26-19(21-15)24-8-6-14(7-9-24)23(3)18(25)16-11-20-12-22(16)2/h4-5,10-12,14H,6-9H2,1-3H3. The lowest BCUT2D eigenvalue weighted by Gasteiger charge is -2.36. The quantitative estimate of drug-likeness (QED) is 0.712. The average Bonchev–Trinajstić information content (AvgIpc) is 3.26. The number of thiazole rings is 1. The molecule has 1 aromatic carbocycles. The molecular formula is C19H23N5OS. The number of anilines is 1. The third-order valence-corrected chi connectivity index (χ3v) is 6.25. The first-order valence-corrected chi connectivity index (χ1v) is 9.70. The van der Waals surface area contributed by atoms with Gasteiger partial charge in [0.1, 0.15) is 5.69 Å². The summed E-state index contributed by atoms with van der Waals surface area (Å²) in [6, 6.07) is 6.66. The van der Waals surface area contributed by atoms with Crippen LogP contribution in [0.1, 0.15) is 28.9 Å². The fourth-order valence-electron chi connectivity index (χ4n) is 3.51. The fraction of sp³-hybridized carbons (Fsp3) is 0.421. The number of hydrogen-bond donors (Lipinski definition) is 0. The van der Waals surface area contributed by atoms with Crippen molar-refractivity contribution in [3.63, 3.8) is 0 Å². The smallest absolute Gasteiger partial charge is 0.272 e. The predicted octanol–water partition coefficient (Wildman–Crippen LogP) is 3.08. The van der Waals surface area contributed by atoms with Gasteiger partial charge in [0.25, 0.3) is 5.91 Å². The van der Waals surface area contributed by atoms with Gasteiger partial charge >= 0.3 is 0 Å².